The fraction of sp³-hybridized carbons (Fsp3) is 0.444. The van der Waals surface area contributed by atoms with E-state index < -0.39 is 11.5 Å². The maximum Gasteiger partial charge on any atom is 0.235 e. The second kappa shape index (κ2) is 8.32. The Bertz CT molecular complexity index is 1250. The summed E-state index contributed by atoms with van der Waals surface area (Å²) in [6.45, 7) is 7.78. The maximum absolute atomic E-state index is 13.4. The Morgan fingerprint density at radius 3 is 2.62 bits per heavy atom. The lowest BCUT2D eigenvalue weighted by Gasteiger charge is -2.23. The molecular formula is C27H37N3O4. The number of amides is 1. The van der Waals surface area contributed by atoms with Crippen molar-refractivity contribution in [2.24, 2.45) is 0 Å². The molecule has 7 heteroatoms. The van der Waals surface area contributed by atoms with Crippen LogP contribution in [0.25, 0.3) is 10.9 Å². The average Bonchev–Trinajstić information content (AvgIpc) is 3.33. The van der Waals surface area contributed by atoms with Crippen molar-refractivity contribution >= 4 is 22.5 Å². The number of aliphatic hydroxyl groups excluding tert-OH is 1. The van der Waals surface area contributed by atoms with Crippen LogP contribution in [0.4, 0.5) is 5.69 Å². The Balaban J connectivity index is 0.00000180. The van der Waals surface area contributed by atoms with E-state index in [2.05, 4.69) is 42.0 Å². The van der Waals surface area contributed by atoms with Crippen molar-refractivity contribution in [3.8, 4) is 11.5 Å². The fourth-order valence-electron chi connectivity index (χ4n) is 4.89. The van der Waals surface area contributed by atoms with Crippen molar-refractivity contribution in [3.63, 3.8) is 0 Å². The molecule has 1 aliphatic carbocycles. The van der Waals surface area contributed by atoms with E-state index in [0.717, 1.165) is 46.4 Å². The predicted molar refractivity (Wildman–Crippen MR) is 137 cm³/mol. The van der Waals surface area contributed by atoms with Gasteiger partial charge in [-0.2, -0.15) is 0 Å². The highest BCUT2D eigenvalue weighted by Gasteiger charge is 2.51. The summed E-state index contributed by atoms with van der Waals surface area (Å²) in [6, 6.07) is 14.0. The second-order valence-electron chi connectivity index (χ2n) is 10.5. The molecule has 1 aromatic heterocycles. The smallest absolute Gasteiger partial charge is 0.235 e. The van der Waals surface area contributed by atoms with Gasteiger partial charge in [0.25, 0.3) is 0 Å². The Hall–Kier alpha value is -3.03. The topological polar surface area (TPSA) is 84.8 Å². The van der Waals surface area contributed by atoms with E-state index in [1.54, 1.807) is 0 Å². The van der Waals surface area contributed by atoms with E-state index in [-0.39, 0.29) is 21.0 Å². The Morgan fingerprint density at radius 1 is 1.15 bits per heavy atom. The molecule has 1 aliphatic heterocycles. The third kappa shape index (κ3) is 4.03. The van der Waals surface area contributed by atoms with Crippen LogP contribution < -0.4 is 20.1 Å². The van der Waals surface area contributed by atoms with Gasteiger partial charge in [-0.15, -0.1) is 0 Å². The summed E-state index contributed by atoms with van der Waals surface area (Å²) < 4.78 is 13.1. The third-order valence-corrected chi connectivity index (χ3v) is 6.87. The van der Waals surface area contributed by atoms with Crippen LogP contribution in [0, 0.1) is 0 Å². The zero-order valence-electron chi connectivity index (χ0n) is 20.3. The van der Waals surface area contributed by atoms with Crippen LogP contribution in [0.5, 0.6) is 11.5 Å². The van der Waals surface area contributed by atoms with Crippen molar-refractivity contribution in [2.75, 3.05) is 25.7 Å². The van der Waals surface area contributed by atoms with Gasteiger partial charge in [-0.05, 0) is 61.9 Å². The van der Waals surface area contributed by atoms with Gasteiger partial charge in [0.15, 0.2) is 11.5 Å². The molecule has 1 saturated carbocycles. The number of rotatable bonds is 7. The first-order valence-electron chi connectivity index (χ1n) is 11.9. The summed E-state index contributed by atoms with van der Waals surface area (Å²) in [5.74, 6) is 1.43. The number of aromatic nitrogens is 1. The molecule has 5 rings (SSSR count). The molecule has 1 atom stereocenters. The Morgan fingerprint density at radius 2 is 1.91 bits per heavy atom. The molecule has 7 nitrogen and oxygen atoms in total. The number of ether oxygens (including phenoxy) is 2. The number of hydrogen-bond donors (Lipinski definition) is 3. The minimum absolute atomic E-state index is 0. The molecule has 2 heterocycles. The summed E-state index contributed by atoms with van der Waals surface area (Å²) in [5, 5.41) is 17.7. The van der Waals surface area contributed by atoms with E-state index in [4.69, 9.17) is 9.47 Å². The molecule has 34 heavy (non-hydrogen) atoms. The Kier molecular flexibility index (Phi) is 5.57. The van der Waals surface area contributed by atoms with Crippen molar-refractivity contribution in [3.05, 3.63) is 53.7 Å². The largest absolute Gasteiger partial charge is 0.454 e. The minimum atomic E-state index is -0.518. The first kappa shape index (κ1) is 22.7. The van der Waals surface area contributed by atoms with Gasteiger partial charge < -0.3 is 29.8 Å². The first-order chi connectivity index (χ1) is 16.2. The van der Waals surface area contributed by atoms with Crippen LogP contribution in [0.2, 0.25) is 0 Å². The number of nitrogens with zero attached hydrogens (tertiary/aromatic N) is 1. The van der Waals surface area contributed by atoms with Gasteiger partial charge in [-0.3, -0.25) is 4.79 Å². The van der Waals surface area contributed by atoms with E-state index in [1.165, 1.54) is 0 Å². The van der Waals surface area contributed by atoms with Crippen LogP contribution in [-0.4, -0.2) is 42.1 Å². The highest BCUT2D eigenvalue weighted by atomic mass is 16.7. The summed E-state index contributed by atoms with van der Waals surface area (Å²) >= 11 is 0. The zero-order chi connectivity index (χ0) is 24.1. The predicted octanol–water partition coefficient (Wildman–Crippen LogP) is 4.41. The van der Waals surface area contributed by atoms with Crippen molar-refractivity contribution in [1.29, 1.82) is 0 Å². The summed E-state index contributed by atoms with van der Waals surface area (Å²) in [6.07, 6.45) is 1.14. The van der Waals surface area contributed by atoms with Gasteiger partial charge in [0.05, 0.1) is 18.1 Å². The quantitative estimate of drug-likeness (QED) is 0.479. The average molecular weight is 468 g/mol. The number of fused-ring (bicyclic) bond motifs is 2. The van der Waals surface area contributed by atoms with Gasteiger partial charge in [0.1, 0.15) is 0 Å². The number of carbonyl (C=O) groups is 1. The third-order valence-electron chi connectivity index (χ3n) is 6.87. The van der Waals surface area contributed by atoms with Crippen LogP contribution in [-0.2, 0) is 22.2 Å². The van der Waals surface area contributed by atoms with E-state index in [0.29, 0.717) is 18.8 Å². The van der Waals surface area contributed by atoms with Crippen molar-refractivity contribution < 1.29 is 22.2 Å². The first-order valence-corrected chi connectivity index (χ1v) is 11.9. The lowest BCUT2D eigenvalue weighted by Crippen LogP contribution is -2.30. The van der Waals surface area contributed by atoms with E-state index >= 15 is 0 Å². The van der Waals surface area contributed by atoms with Gasteiger partial charge in [0.2, 0.25) is 12.7 Å². The highest BCUT2D eigenvalue weighted by Crippen LogP contribution is 2.51. The molecule has 1 unspecified atom stereocenters. The fourth-order valence-corrected chi connectivity index (χ4v) is 4.89. The standard InChI is InChI=1S/C27H33N3O4.2H2/c1-26(2,3)24-12-17-11-19(6-7-21(17)30(24)15-20(31)14-28-4)29-25(32)27(9-10-27)18-5-8-22-23(13-18)34-16-33-22;;/h5-8,11-13,20,28,31H,9-10,14-16H2,1-4H3,(H,29,32);2*1H. The second-order valence-corrected chi connectivity index (χ2v) is 10.5. The number of anilines is 1. The highest BCUT2D eigenvalue weighted by molar-refractivity contribution is 6.02. The van der Waals surface area contributed by atoms with Crippen LogP contribution in [0.1, 0.15) is 47.7 Å². The van der Waals surface area contributed by atoms with Gasteiger partial charge in [0, 0.05) is 37.1 Å². The molecule has 0 bridgehead atoms. The number of hydrogen-bond acceptors (Lipinski definition) is 5. The lowest BCUT2D eigenvalue weighted by atomic mass is 9.92. The molecular weight excluding hydrogens is 430 g/mol. The lowest BCUT2D eigenvalue weighted by molar-refractivity contribution is -0.118. The van der Waals surface area contributed by atoms with Gasteiger partial charge in [-0.1, -0.05) is 26.8 Å². The number of benzene rings is 2. The summed E-state index contributed by atoms with van der Waals surface area (Å²) in [5.41, 5.74) is 3.35. The van der Waals surface area contributed by atoms with E-state index in [1.807, 2.05) is 43.4 Å². The van der Waals surface area contributed by atoms with Crippen LogP contribution >= 0.6 is 0 Å². The zero-order valence-corrected chi connectivity index (χ0v) is 20.3. The SMILES string of the molecule is CNCC(O)Cn1c(C(C)(C)C)cc2cc(NC(=O)C3(c4ccc5c(c4)OCO5)CC3)ccc21.[HH].[HH]. The maximum atomic E-state index is 13.4. The molecule has 0 saturated heterocycles. The number of carbonyl (C=O) groups excluding carboxylic acids is 1. The van der Waals surface area contributed by atoms with Crippen molar-refractivity contribution in [1.82, 2.24) is 9.88 Å². The van der Waals surface area contributed by atoms with Crippen LogP contribution in [0.3, 0.4) is 0 Å². The van der Waals surface area contributed by atoms with E-state index in [9.17, 15) is 9.90 Å². The van der Waals surface area contributed by atoms with Gasteiger partial charge in [-0.25, -0.2) is 0 Å². The minimum Gasteiger partial charge on any atom is -0.454 e. The number of likely N-dealkylation sites (N-methyl/N-ethyl adjacent to an activating group) is 1. The molecule has 2 aliphatic rings. The molecule has 184 valence electrons. The monoisotopic (exact) mass is 467 g/mol. The molecule has 1 fully saturated rings. The molecule has 3 N–H and O–H groups in total. The molecule has 3 aromatic rings. The number of aliphatic hydroxyl groups is 1. The van der Waals surface area contributed by atoms with Crippen LogP contribution in [0.15, 0.2) is 42.5 Å². The normalized spacial score (nSPS) is 17.1. The summed E-state index contributed by atoms with van der Waals surface area (Å²) in [4.78, 5) is 13.4. The summed E-state index contributed by atoms with van der Waals surface area (Å²) in [7, 11) is 1.84. The molecule has 0 radical (unpaired) electrons. The Labute approximate surface area is 203 Å². The van der Waals surface area contributed by atoms with Crippen molar-refractivity contribution in [2.45, 2.75) is 57.1 Å². The molecule has 1 amide bonds. The molecule has 0 spiro atoms. The molecule has 2 aromatic carbocycles. The van der Waals surface area contributed by atoms with Gasteiger partial charge >= 0.3 is 0 Å². The number of nitrogens with one attached hydrogen (secondary N) is 2.